The van der Waals surface area contributed by atoms with Crippen LogP contribution in [-0.4, -0.2) is 34.2 Å². The van der Waals surface area contributed by atoms with Crippen molar-refractivity contribution in [3.8, 4) is 11.4 Å². The molecule has 3 rings (SSSR count). The smallest absolute Gasteiger partial charge is 0.196 e. The Morgan fingerprint density at radius 3 is 2.56 bits per heavy atom. The summed E-state index contributed by atoms with van der Waals surface area (Å²) in [6.07, 6.45) is 0. The molecular formula is C18H18FN3O2S. The summed E-state index contributed by atoms with van der Waals surface area (Å²) >= 11 is 1.55. The van der Waals surface area contributed by atoms with Crippen LogP contribution in [0.15, 0.2) is 59.8 Å². The molecule has 0 radical (unpaired) electrons. The van der Waals surface area contributed by atoms with Crippen LogP contribution in [0.5, 0.6) is 5.75 Å². The van der Waals surface area contributed by atoms with Gasteiger partial charge in [0.15, 0.2) is 22.5 Å². The van der Waals surface area contributed by atoms with Crippen molar-refractivity contribution in [2.75, 3.05) is 19.5 Å². The summed E-state index contributed by atoms with van der Waals surface area (Å²) in [5.41, 5.74) is 0.930. The number of nitrogens with zero attached hydrogens (tertiary/aromatic N) is 3. The molecule has 0 bridgehead atoms. The molecule has 0 aliphatic rings. The Kier molecular flexibility index (Phi) is 6.03. The van der Waals surface area contributed by atoms with Gasteiger partial charge in [0.25, 0.3) is 0 Å². The van der Waals surface area contributed by atoms with E-state index in [4.69, 9.17) is 9.47 Å². The van der Waals surface area contributed by atoms with Crippen LogP contribution in [-0.2, 0) is 11.3 Å². The highest BCUT2D eigenvalue weighted by Crippen LogP contribution is 2.23. The number of rotatable bonds is 8. The van der Waals surface area contributed by atoms with Gasteiger partial charge in [-0.3, -0.25) is 4.57 Å². The molecule has 2 aromatic carbocycles. The van der Waals surface area contributed by atoms with Gasteiger partial charge in [0, 0.05) is 18.6 Å². The molecule has 130 valence electrons. The standard InChI is InChI=1S/C18H18FN3O2S/c1-23-11-12-25-18-21-20-17(22(18)14-7-3-2-4-8-14)13-24-16-10-6-5-9-15(16)19/h2-10H,11-13H2,1H3. The third-order valence-electron chi connectivity index (χ3n) is 3.43. The van der Waals surface area contributed by atoms with E-state index in [2.05, 4.69) is 10.2 Å². The molecular weight excluding hydrogens is 341 g/mol. The molecule has 7 heteroatoms. The second-order valence-corrected chi connectivity index (χ2v) is 6.19. The molecule has 0 aliphatic heterocycles. The SMILES string of the molecule is COCCSc1nnc(COc2ccccc2F)n1-c1ccccc1. The lowest BCUT2D eigenvalue weighted by Crippen LogP contribution is -2.07. The van der Waals surface area contributed by atoms with E-state index in [1.165, 1.54) is 6.07 Å². The third-order valence-corrected chi connectivity index (χ3v) is 4.32. The summed E-state index contributed by atoms with van der Waals surface area (Å²) < 4.78 is 26.3. The molecule has 3 aromatic rings. The fourth-order valence-corrected chi connectivity index (χ4v) is 3.12. The minimum absolute atomic E-state index is 0.119. The Labute approximate surface area is 149 Å². The predicted octanol–water partition coefficient (Wildman–Crippen LogP) is 3.72. The van der Waals surface area contributed by atoms with Gasteiger partial charge in [0.1, 0.15) is 6.61 Å². The molecule has 0 amide bonds. The van der Waals surface area contributed by atoms with Crippen LogP contribution in [0.4, 0.5) is 4.39 Å². The largest absolute Gasteiger partial charge is 0.483 e. The van der Waals surface area contributed by atoms with E-state index in [9.17, 15) is 4.39 Å². The van der Waals surface area contributed by atoms with Crippen molar-refractivity contribution in [3.05, 3.63) is 66.2 Å². The van der Waals surface area contributed by atoms with Gasteiger partial charge in [0.05, 0.1) is 6.61 Å². The summed E-state index contributed by atoms with van der Waals surface area (Å²) in [5.74, 6) is 1.16. The van der Waals surface area contributed by atoms with Gasteiger partial charge in [-0.05, 0) is 24.3 Å². The minimum Gasteiger partial charge on any atom is -0.483 e. The summed E-state index contributed by atoms with van der Waals surface area (Å²) in [6.45, 7) is 0.737. The van der Waals surface area contributed by atoms with Gasteiger partial charge in [0.2, 0.25) is 0 Å². The molecule has 0 fully saturated rings. The van der Waals surface area contributed by atoms with Crippen LogP contribution >= 0.6 is 11.8 Å². The first-order chi connectivity index (χ1) is 12.3. The summed E-state index contributed by atoms with van der Waals surface area (Å²) in [4.78, 5) is 0. The predicted molar refractivity (Wildman–Crippen MR) is 94.7 cm³/mol. The normalized spacial score (nSPS) is 10.8. The average molecular weight is 359 g/mol. The highest BCUT2D eigenvalue weighted by molar-refractivity contribution is 7.99. The molecule has 0 saturated carbocycles. The number of ether oxygens (including phenoxy) is 2. The van der Waals surface area contributed by atoms with Crippen molar-refractivity contribution >= 4 is 11.8 Å². The van der Waals surface area contributed by atoms with Gasteiger partial charge >= 0.3 is 0 Å². The summed E-state index contributed by atoms with van der Waals surface area (Å²) in [6, 6.07) is 16.1. The lowest BCUT2D eigenvalue weighted by atomic mass is 10.3. The molecule has 5 nitrogen and oxygen atoms in total. The van der Waals surface area contributed by atoms with E-state index in [0.29, 0.717) is 12.4 Å². The van der Waals surface area contributed by atoms with Gasteiger partial charge in [-0.2, -0.15) is 0 Å². The number of methoxy groups -OCH3 is 1. The molecule has 1 aromatic heterocycles. The van der Waals surface area contributed by atoms with Crippen LogP contribution in [0.1, 0.15) is 5.82 Å². The fraction of sp³-hybridized carbons (Fsp3) is 0.222. The Morgan fingerprint density at radius 1 is 1.04 bits per heavy atom. The number of hydrogen-bond donors (Lipinski definition) is 0. The van der Waals surface area contributed by atoms with Crippen LogP contribution in [0, 0.1) is 5.82 Å². The fourth-order valence-electron chi connectivity index (χ4n) is 2.24. The lowest BCUT2D eigenvalue weighted by molar-refractivity contribution is 0.218. The van der Waals surface area contributed by atoms with E-state index in [0.717, 1.165) is 16.6 Å². The number of benzene rings is 2. The number of para-hydroxylation sites is 2. The van der Waals surface area contributed by atoms with E-state index in [-0.39, 0.29) is 12.4 Å². The van der Waals surface area contributed by atoms with Gasteiger partial charge < -0.3 is 9.47 Å². The van der Waals surface area contributed by atoms with Crippen molar-refractivity contribution in [1.29, 1.82) is 0 Å². The zero-order valence-corrected chi connectivity index (χ0v) is 14.6. The number of hydrogen-bond acceptors (Lipinski definition) is 5. The Hall–Kier alpha value is -2.38. The molecule has 1 heterocycles. The molecule has 0 N–H and O–H groups in total. The number of halogens is 1. The Morgan fingerprint density at radius 2 is 1.80 bits per heavy atom. The maximum atomic E-state index is 13.7. The molecule has 0 spiro atoms. The monoisotopic (exact) mass is 359 g/mol. The molecule has 25 heavy (non-hydrogen) atoms. The van der Waals surface area contributed by atoms with Crippen molar-refractivity contribution in [2.24, 2.45) is 0 Å². The van der Waals surface area contributed by atoms with Crippen molar-refractivity contribution in [1.82, 2.24) is 14.8 Å². The number of aromatic nitrogens is 3. The van der Waals surface area contributed by atoms with E-state index >= 15 is 0 Å². The van der Waals surface area contributed by atoms with E-state index < -0.39 is 5.82 Å². The topological polar surface area (TPSA) is 49.2 Å². The summed E-state index contributed by atoms with van der Waals surface area (Å²) in [7, 11) is 1.66. The quantitative estimate of drug-likeness (QED) is 0.453. The summed E-state index contributed by atoms with van der Waals surface area (Å²) in [5, 5.41) is 9.21. The lowest BCUT2D eigenvalue weighted by Gasteiger charge is -2.11. The highest BCUT2D eigenvalue weighted by atomic mass is 32.2. The first kappa shape index (κ1) is 17.4. The zero-order valence-electron chi connectivity index (χ0n) is 13.8. The van der Waals surface area contributed by atoms with Crippen molar-refractivity contribution in [3.63, 3.8) is 0 Å². The molecule has 0 unspecified atom stereocenters. The van der Waals surface area contributed by atoms with E-state index in [1.807, 2.05) is 34.9 Å². The second kappa shape index (κ2) is 8.64. The zero-order chi connectivity index (χ0) is 17.5. The first-order valence-electron chi connectivity index (χ1n) is 7.78. The van der Waals surface area contributed by atoms with Gasteiger partial charge in [-0.25, -0.2) is 4.39 Å². The molecule has 0 aliphatic carbocycles. The third kappa shape index (κ3) is 4.37. The maximum absolute atomic E-state index is 13.7. The highest BCUT2D eigenvalue weighted by Gasteiger charge is 2.15. The first-order valence-corrected chi connectivity index (χ1v) is 8.77. The van der Waals surface area contributed by atoms with Crippen LogP contribution in [0.2, 0.25) is 0 Å². The Balaban J connectivity index is 1.84. The second-order valence-electron chi connectivity index (χ2n) is 5.13. The maximum Gasteiger partial charge on any atom is 0.196 e. The van der Waals surface area contributed by atoms with Gasteiger partial charge in [-0.1, -0.05) is 42.1 Å². The van der Waals surface area contributed by atoms with Crippen molar-refractivity contribution < 1.29 is 13.9 Å². The van der Waals surface area contributed by atoms with E-state index in [1.54, 1.807) is 37.1 Å². The van der Waals surface area contributed by atoms with Crippen LogP contribution in [0.3, 0.4) is 0 Å². The number of thioether (sulfide) groups is 1. The Bertz CT molecular complexity index is 811. The van der Waals surface area contributed by atoms with Crippen LogP contribution in [0.25, 0.3) is 5.69 Å². The van der Waals surface area contributed by atoms with Crippen LogP contribution < -0.4 is 4.74 Å². The molecule has 0 saturated heterocycles. The van der Waals surface area contributed by atoms with Crippen molar-refractivity contribution in [2.45, 2.75) is 11.8 Å². The van der Waals surface area contributed by atoms with Gasteiger partial charge in [-0.15, -0.1) is 10.2 Å². The molecule has 0 atom stereocenters. The minimum atomic E-state index is -0.400. The average Bonchev–Trinajstić information content (AvgIpc) is 3.05.